The number of rotatable bonds is 11. The largest absolute Gasteiger partial charge is 0.480 e. The van der Waals surface area contributed by atoms with Crippen LogP contribution in [0, 0.1) is 0 Å². The van der Waals surface area contributed by atoms with Crippen LogP contribution in [0.25, 0.3) is 11.1 Å². The molecule has 2 aromatic carbocycles. The van der Waals surface area contributed by atoms with E-state index in [1.54, 1.807) is 0 Å². The van der Waals surface area contributed by atoms with E-state index in [0.29, 0.717) is 32.5 Å². The number of fused-ring (bicyclic) bond motifs is 3. The maximum absolute atomic E-state index is 12.3. The summed E-state index contributed by atoms with van der Waals surface area (Å²) in [5.74, 6) is -0.895. The maximum atomic E-state index is 12.3. The highest BCUT2D eigenvalue weighted by molar-refractivity contribution is 5.84. The van der Waals surface area contributed by atoms with Crippen LogP contribution in [0.4, 0.5) is 4.79 Å². The van der Waals surface area contributed by atoms with E-state index < -0.39 is 18.1 Å². The van der Waals surface area contributed by atoms with Crippen LogP contribution < -0.4 is 5.32 Å². The number of amides is 2. The van der Waals surface area contributed by atoms with Crippen molar-refractivity contribution in [3.63, 3.8) is 0 Å². The summed E-state index contributed by atoms with van der Waals surface area (Å²) in [7, 11) is 0. The molecule has 2 aliphatic rings. The number of nitrogens with zero attached hydrogens (tertiary/aromatic N) is 1. The number of carboxylic acids is 1. The molecule has 1 aliphatic heterocycles. The predicted molar refractivity (Wildman–Crippen MR) is 133 cm³/mol. The molecule has 1 fully saturated rings. The van der Waals surface area contributed by atoms with Gasteiger partial charge in [0.15, 0.2) is 0 Å². The summed E-state index contributed by atoms with van der Waals surface area (Å²) in [5.41, 5.74) is 4.81. The molecule has 186 valence electrons. The van der Waals surface area contributed by atoms with E-state index in [2.05, 4.69) is 29.6 Å². The number of carbonyl (C=O) groups is 3. The van der Waals surface area contributed by atoms with Crippen molar-refractivity contribution in [1.82, 2.24) is 10.2 Å². The number of hydrogen-bond donors (Lipinski definition) is 2. The van der Waals surface area contributed by atoms with E-state index in [-0.39, 0.29) is 11.8 Å². The molecular weight excluding hydrogens is 444 g/mol. The first-order valence-corrected chi connectivity index (χ1v) is 12.7. The molecular formula is C28H34N2O5. The lowest BCUT2D eigenvalue weighted by Gasteiger charge is -2.21. The third-order valence-electron chi connectivity index (χ3n) is 7.04. The third-order valence-corrected chi connectivity index (χ3v) is 7.04. The number of nitrogens with one attached hydrogen (secondary N) is 1. The quantitative estimate of drug-likeness (QED) is 0.446. The molecule has 0 spiro atoms. The Morgan fingerprint density at radius 1 is 0.914 bits per heavy atom. The van der Waals surface area contributed by atoms with Gasteiger partial charge in [0, 0.05) is 25.4 Å². The fourth-order valence-corrected chi connectivity index (χ4v) is 5.24. The van der Waals surface area contributed by atoms with Crippen LogP contribution in [0.2, 0.25) is 0 Å². The zero-order valence-corrected chi connectivity index (χ0v) is 20.1. The fourth-order valence-electron chi connectivity index (χ4n) is 5.24. The van der Waals surface area contributed by atoms with Crippen LogP contribution >= 0.6 is 0 Å². The number of likely N-dealkylation sites (tertiary alicyclic amines) is 1. The van der Waals surface area contributed by atoms with Crippen molar-refractivity contribution in [2.75, 3.05) is 19.7 Å². The van der Waals surface area contributed by atoms with Gasteiger partial charge in [-0.15, -0.1) is 0 Å². The van der Waals surface area contributed by atoms with Crippen molar-refractivity contribution < 1.29 is 24.2 Å². The lowest BCUT2D eigenvalue weighted by Crippen LogP contribution is -2.40. The zero-order valence-electron chi connectivity index (χ0n) is 20.1. The summed E-state index contributed by atoms with van der Waals surface area (Å²) in [6.07, 6.45) is 5.80. The Kier molecular flexibility index (Phi) is 8.40. The molecule has 2 amide bonds. The van der Waals surface area contributed by atoms with Crippen molar-refractivity contribution >= 4 is 18.0 Å². The average molecular weight is 479 g/mol. The van der Waals surface area contributed by atoms with Crippen LogP contribution in [0.15, 0.2) is 48.5 Å². The molecule has 4 rings (SSSR count). The molecule has 2 N–H and O–H groups in total. The molecule has 0 bridgehead atoms. The standard InChI is InChI=1S/C28H34N2O5/c31-26(30-18-10-15-25(30)27(32)33)16-4-2-1-3-9-17-29-28(34)35-19-24-22-13-7-5-11-20(22)21-12-6-8-14-23(21)24/h5-8,11-14,24-25H,1-4,9-10,15-19H2,(H,29,34)(H,32,33)/t25-/m0/s1. The van der Waals surface area contributed by atoms with Gasteiger partial charge >= 0.3 is 12.1 Å². The minimum absolute atomic E-state index is 0.0492. The van der Waals surface area contributed by atoms with E-state index in [1.807, 2.05) is 24.3 Å². The summed E-state index contributed by atoms with van der Waals surface area (Å²) >= 11 is 0. The van der Waals surface area contributed by atoms with Gasteiger partial charge in [-0.05, 0) is 47.9 Å². The molecule has 0 saturated carbocycles. The smallest absolute Gasteiger partial charge is 0.407 e. The molecule has 0 radical (unpaired) electrons. The van der Waals surface area contributed by atoms with Crippen molar-refractivity contribution in [2.45, 2.75) is 63.3 Å². The van der Waals surface area contributed by atoms with E-state index in [0.717, 1.165) is 38.5 Å². The van der Waals surface area contributed by atoms with Crippen LogP contribution in [0.3, 0.4) is 0 Å². The molecule has 35 heavy (non-hydrogen) atoms. The maximum Gasteiger partial charge on any atom is 0.407 e. The van der Waals surface area contributed by atoms with Gasteiger partial charge in [0.2, 0.25) is 5.91 Å². The summed E-state index contributed by atoms with van der Waals surface area (Å²) in [5, 5.41) is 12.0. The van der Waals surface area contributed by atoms with Gasteiger partial charge in [0.1, 0.15) is 12.6 Å². The number of alkyl carbamates (subject to hydrolysis) is 1. The minimum Gasteiger partial charge on any atom is -0.480 e. The first-order valence-electron chi connectivity index (χ1n) is 12.7. The molecule has 7 nitrogen and oxygen atoms in total. The summed E-state index contributed by atoms with van der Waals surface area (Å²) < 4.78 is 5.55. The number of carboxylic acid groups (broad SMARTS) is 1. The average Bonchev–Trinajstić information content (AvgIpc) is 3.48. The number of hydrogen-bond acceptors (Lipinski definition) is 4. The molecule has 7 heteroatoms. The van der Waals surface area contributed by atoms with E-state index in [1.165, 1.54) is 27.2 Å². The van der Waals surface area contributed by atoms with Gasteiger partial charge in [0.05, 0.1) is 0 Å². The molecule has 0 unspecified atom stereocenters. The lowest BCUT2D eigenvalue weighted by molar-refractivity contribution is -0.148. The third kappa shape index (κ3) is 6.02. The molecule has 1 saturated heterocycles. The van der Waals surface area contributed by atoms with Gasteiger partial charge < -0.3 is 20.1 Å². The SMILES string of the molecule is O=C(NCCCCCCCC(=O)N1CCC[C@H]1C(=O)O)OCC1c2ccccc2-c2ccccc21. The number of unbranched alkanes of at least 4 members (excludes halogenated alkanes) is 4. The Bertz CT molecular complexity index is 1010. The number of carbonyl (C=O) groups excluding carboxylic acids is 2. The Morgan fingerprint density at radius 3 is 2.23 bits per heavy atom. The van der Waals surface area contributed by atoms with Gasteiger partial charge in [-0.3, -0.25) is 4.79 Å². The Hall–Kier alpha value is -3.35. The minimum atomic E-state index is -0.903. The van der Waals surface area contributed by atoms with Crippen LogP contribution in [0.5, 0.6) is 0 Å². The Labute approximate surface area is 206 Å². The van der Waals surface area contributed by atoms with Crippen LogP contribution in [0.1, 0.15) is 68.4 Å². The zero-order chi connectivity index (χ0) is 24.6. The Morgan fingerprint density at radius 2 is 1.54 bits per heavy atom. The predicted octanol–water partition coefficient (Wildman–Crippen LogP) is 4.94. The molecule has 1 aliphatic carbocycles. The second kappa shape index (κ2) is 11.9. The second-order valence-corrected chi connectivity index (χ2v) is 9.35. The van der Waals surface area contributed by atoms with E-state index in [4.69, 9.17) is 4.74 Å². The Balaban J connectivity index is 1.08. The van der Waals surface area contributed by atoms with Gasteiger partial charge in [-0.1, -0.05) is 67.8 Å². The van der Waals surface area contributed by atoms with Crippen molar-refractivity contribution in [3.8, 4) is 11.1 Å². The van der Waals surface area contributed by atoms with Gasteiger partial charge in [-0.2, -0.15) is 0 Å². The normalized spacial score (nSPS) is 16.6. The number of aliphatic carboxylic acids is 1. The monoisotopic (exact) mass is 478 g/mol. The first-order chi connectivity index (χ1) is 17.1. The van der Waals surface area contributed by atoms with Crippen molar-refractivity contribution in [1.29, 1.82) is 0 Å². The topological polar surface area (TPSA) is 95.9 Å². The van der Waals surface area contributed by atoms with Gasteiger partial charge in [0.25, 0.3) is 0 Å². The molecule has 1 heterocycles. The van der Waals surface area contributed by atoms with Crippen molar-refractivity contribution in [2.24, 2.45) is 0 Å². The first kappa shape index (κ1) is 24.8. The van der Waals surface area contributed by atoms with E-state index in [9.17, 15) is 19.5 Å². The second-order valence-electron chi connectivity index (χ2n) is 9.35. The summed E-state index contributed by atoms with van der Waals surface area (Å²) in [6.45, 7) is 1.43. The highest BCUT2D eigenvalue weighted by Crippen LogP contribution is 2.44. The van der Waals surface area contributed by atoms with E-state index >= 15 is 0 Å². The van der Waals surface area contributed by atoms with Crippen LogP contribution in [-0.2, 0) is 14.3 Å². The lowest BCUT2D eigenvalue weighted by atomic mass is 9.98. The molecule has 0 aromatic heterocycles. The number of benzene rings is 2. The molecule has 2 aromatic rings. The fraction of sp³-hybridized carbons (Fsp3) is 0.464. The summed E-state index contributed by atoms with van der Waals surface area (Å²) in [6, 6.07) is 15.9. The highest BCUT2D eigenvalue weighted by Gasteiger charge is 2.33. The van der Waals surface area contributed by atoms with Gasteiger partial charge in [-0.25, -0.2) is 9.59 Å². The summed E-state index contributed by atoms with van der Waals surface area (Å²) in [4.78, 5) is 37.2. The van der Waals surface area contributed by atoms with Crippen molar-refractivity contribution in [3.05, 3.63) is 59.7 Å². The van der Waals surface area contributed by atoms with Crippen LogP contribution in [-0.4, -0.2) is 53.7 Å². The highest BCUT2D eigenvalue weighted by atomic mass is 16.5. The number of ether oxygens (including phenoxy) is 1. The molecule has 1 atom stereocenters.